The number of nitriles is 1. The van der Waals surface area contributed by atoms with Crippen molar-refractivity contribution in [1.82, 2.24) is 25.0 Å². The third-order valence-electron chi connectivity index (χ3n) is 10.7. The third-order valence-corrected chi connectivity index (χ3v) is 12.5. The van der Waals surface area contributed by atoms with Crippen molar-refractivity contribution in [3.8, 4) is 23.3 Å². The molecule has 3 aliphatic heterocycles. The number of amides is 4. The minimum Gasteiger partial charge on any atom is -0.495 e. The molecule has 0 aliphatic carbocycles. The predicted octanol–water partition coefficient (Wildman–Crippen LogP) is 6.42. The van der Waals surface area contributed by atoms with Gasteiger partial charge in [0.15, 0.2) is 11.5 Å². The number of piperazine rings is 1. The Morgan fingerprint density at radius 2 is 1.81 bits per heavy atom. The standard InChI is InChI=1S/C42H43Cl2N7O7S/c1-56-34-21-32(29(43)19-30(34)44)47-40-25(22-45)23-46-31-20-36(35(57-2)18-27(31)40)58-16-5-11-49-12-14-50(15-13-49)39(53)8-4-17-59-37-7-3-6-26-28(37)24-51(42(26)55)33-9-10-38(52)48-41(33)54/h3,6-7,18-21,23,33H,4-5,8-17,24H2,1-2H3,(H,46,47)(H,48,52,54). The molecule has 1 unspecified atom stereocenters. The van der Waals surface area contributed by atoms with E-state index >= 15 is 0 Å². The van der Waals surface area contributed by atoms with Crippen molar-refractivity contribution in [1.29, 1.82) is 5.26 Å². The molecule has 17 heteroatoms. The van der Waals surface area contributed by atoms with Gasteiger partial charge in [0.25, 0.3) is 5.91 Å². The minimum absolute atomic E-state index is 0.138. The first-order valence-electron chi connectivity index (χ1n) is 19.3. The molecular formula is C42H43Cl2N7O7S. The van der Waals surface area contributed by atoms with Gasteiger partial charge in [-0.15, -0.1) is 11.8 Å². The minimum atomic E-state index is -0.650. The van der Waals surface area contributed by atoms with Crippen LogP contribution < -0.4 is 24.8 Å². The number of hydrogen-bond acceptors (Lipinski definition) is 12. The maximum Gasteiger partial charge on any atom is 0.255 e. The quantitative estimate of drug-likeness (QED) is 0.0767. The Labute approximate surface area is 356 Å². The topological polar surface area (TPSA) is 166 Å². The zero-order chi connectivity index (χ0) is 41.6. The molecule has 3 aromatic carbocycles. The highest BCUT2D eigenvalue weighted by atomic mass is 35.5. The summed E-state index contributed by atoms with van der Waals surface area (Å²) in [5, 5.41) is 16.8. The van der Waals surface area contributed by atoms with E-state index in [1.807, 2.05) is 17.0 Å². The Kier molecular flexibility index (Phi) is 13.3. The molecule has 4 amide bonds. The van der Waals surface area contributed by atoms with E-state index in [1.54, 1.807) is 54.1 Å². The number of imide groups is 1. The lowest BCUT2D eigenvalue weighted by atomic mass is 10.0. The summed E-state index contributed by atoms with van der Waals surface area (Å²) in [5.41, 5.74) is 3.40. The second-order valence-corrected chi connectivity index (χ2v) is 16.3. The fourth-order valence-corrected chi connectivity index (χ4v) is 9.09. The second kappa shape index (κ2) is 18.8. The molecule has 0 spiro atoms. The maximum atomic E-state index is 13.2. The van der Waals surface area contributed by atoms with E-state index in [0.29, 0.717) is 106 Å². The molecule has 4 heterocycles. The van der Waals surface area contributed by atoms with Crippen molar-refractivity contribution < 1.29 is 33.4 Å². The molecular weight excluding hydrogens is 817 g/mol. The zero-order valence-electron chi connectivity index (χ0n) is 32.6. The van der Waals surface area contributed by atoms with Crippen LogP contribution in [0.15, 0.2) is 53.6 Å². The summed E-state index contributed by atoms with van der Waals surface area (Å²) in [4.78, 5) is 61.6. The van der Waals surface area contributed by atoms with Gasteiger partial charge >= 0.3 is 0 Å². The Morgan fingerprint density at radius 3 is 2.56 bits per heavy atom. The molecule has 7 rings (SSSR count). The van der Waals surface area contributed by atoms with Crippen LogP contribution in [-0.2, 0) is 20.9 Å². The summed E-state index contributed by atoms with van der Waals surface area (Å²) in [6.07, 6.45) is 3.94. The van der Waals surface area contributed by atoms with Crippen molar-refractivity contribution in [2.75, 3.05) is 64.6 Å². The van der Waals surface area contributed by atoms with Gasteiger partial charge in [-0.1, -0.05) is 29.3 Å². The van der Waals surface area contributed by atoms with Gasteiger partial charge in [0.2, 0.25) is 17.7 Å². The molecule has 2 saturated heterocycles. The highest BCUT2D eigenvalue weighted by molar-refractivity contribution is 7.99. The number of nitrogens with one attached hydrogen (secondary N) is 2. The first kappa shape index (κ1) is 41.9. The van der Waals surface area contributed by atoms with Crippen LogP contribution in [0.5, 0.6) is 17.2 Å². The van der Waals surface area contributed by atoms with E-state index in [9.17, 15) is 24.4 Å². The summed E-state index contributed by atoms with van der Waals surface area (Å²) >= 11 is 14.3. The number of pyridine rings is 1. The van der Waals surface area contributed by atoms with Crippen molar-refractivity contribution in [2.45, 2.75) is 49.6 Å². The van der Waals surface area contributed by atoms with Crippen molar-refractivity contribution in [2.24, 2.45) is 0 Å². The highest BCUT2D eigenvalue weighted by Gasteiger charge is 2.40. The SMILES string of the molecule is COc1cc(Nc2c(C#N)cnc3cc(OCCCN4CCN(C(=O)CCCSc5cccc6c5CN(C5CCC(=O)NC5=O)C6=O)CC4)c(OC)cc23)c(Cl)cc1Cl. The average molecular weight is 861 g/mol. The normalized spacial score (nSPS) is 16.8. The molecule has 1 atom stereocenters. The second-order valence-electron chi connectivity index (χ2n) is 14.3. The Hall–Kier alpha value is -5.27. The monoisotopic (exact) mass is 859 g/mol. The van der Waals surface area contributed by atoms with E-state index in [1.165, 1.54) is 13.3 Å². The van der Waals surface area contributed by atoms with E-state index in [2.05, 4.69) is 26.6 Å². The van der Waals surface area contributed by atoms with Gasteiger partial charge < -0.3 is 29.3 Å². The number of nitrogens with zero attached hydrogens (tertiary/aromatic N) is 5. The lowest BCUT2D eigenvalue weighted by molar-refractivity contribution is -0.137. The van der Waals surface area contributed by atoms with E-state index in [-0.39, 0.29) is 24.1 Å². The fourth-order valence-electron chi connectivity index (χ4n) is 7.55. The number of halogens is 2. The number of carbonyl (C=O) groups is 4. The zero-order valence-corrected chi connectivity index (χ0v) is 35.0. The largest absolute Gasteiger partial charge is 0.495 e. The van der Waals surface area contributed by atoms with Crippen LogP contribution in [0, 0.1) is 11.3 Å². The molecule has 3 aliphatic rings. The number of benzene rings is 3. The van der Waals surface area contributed by atoms with E-state index in [0.717, 1.165) is 42.3 Å². The van der Waals surface area contributed by atoms with Crippen LogP contribution >= 0.6 is 35.0 Å². The number of anilines is 2. The smallest absolute Gasteiger partial charge is 0.255 e. The number of fused-ring (bicyclic) bond motifs is 2. The molecule has 1 aromatic heterocycles. The molecule has 0 radical (unpaired) electrons. The van der Waals surface area contributed by atoms with Crippen molar-refractivity contribution in [3.05, 3.63) is 75.4 Å². The van der Waals surface area contributed by atoms with Gasteiger partial charge in [0.05, 0.1) is 53.3 Å². The van der Waals surface area contributed by atoms with Crippen LogP contribution in [0.2, 0.25) is 10.0 Å². The molecule has 2 N–H and O–H groups in total. The number of aromatic nitrogens is 1. The summed E-state index contributed by atoms with van der Waals surface area (Å²) in [6, 6.07) is 14.0. The number of thioether (sulfide) groups is 1. The number of piperidine rings is 1. The summed E-state index contributed by atoms with van der Waals surface area (Å²) in [5.74, 6) is 1.39. The van der Waals surface area contributed by atoms with Crippen molar-refractivity contribution >= 4 is 80.9 Å². The molecule has 308 valence electrons. The van der Waals surface area contributed by atoms with Gasteiger partial charge in [-0.05, 0) is 54.8 Å². The third kappa shape index (κ3) is 9.31. The van der Waals surface area contributed by atoms with E-state index < -0.39 is 11.9 Å². The molecule has 4 aromatic rings. The molecule has 14 nitrogen and oxygen atoms in total. The first-order valence-corrected chi connectivity index (χ1v) is 21.1. The molecule has 2 fully saturated rings. The lowest BCUT2D eigenvalue weighted by Crippen LogP contribution is -2.52. The number of methoxy groups -OCH3 is 2. The van der Waals surface area contributed by atoms with Crippen LogP contribution in [0.25, 0.3) is 10.9 Å². The number of carbonyl (C=O) groups excluding carboxylic acids is 4. The highest BCUT2D eigenvalue weighted by Crippen LogP contribution is 2.41. The number of hydrogen-bond donors (Lipinski definition) is 2. The van der Waals surface area contributed by atoms with Crippen LogP contribution in [0.3, 0.4) is 0 Å². The van der Waals surface area contributed by atoms with Crippen LogP contribution in [0.1, 0.15) is 53.6 Å². The van der Waals surface area contributed by atoms with Crippen LogP contribution in [0.4, 0.5) is 11.4 Å². The molecule has 0 bridgehead atoms. The van der Waals surface area contributed by atoms with E-state index in [4.69, 9.17) is 37.4 Å². The fraction of sp³-hybridized carbons (Fsp3) is 0.381. The maximum absolute atomic E-state index is 13.2. The predicted molar refractivity (Wildman–Crippen MR) is 225 cm³/mol. The van der Waals surface area contributed by atoms with Gasteiger partial charge in [0.1, 0.15) is 17.9 Å². The number of rotatable bonds is 15. The summed E-state index contributed by atoms with van der Waals surface area (Å²) in [7, 11) is 3.07. The van der Waals surface area contributed by atoms with Gasteiger partial charge in [-0.3, -0.25) is 34.4 Å². The Morgan fingerprint density at radius 1 is 1.02 bits per heavy atom. The lowest BCUT2D eigenvalue weighted by Gasteiger charge is -2.34. The molecule has 59 heavy (non-hydrogen) atoms. The first-order chi connectivity index (χ1) is 28.6. The van der Waals surface area contributed by atoms with Gasteiger partial charge in [0, 0.05) is 86.3 Å². The van der Waals surface area contributed by atoms with Crippen molar-refractivity contribution in [3.63, 3.8) is 0 Å². The average Bonchev–Trinajstić information content (AvgIpc) is 3.57. The Bertz CT molecular complexity index is 2330. The van der Waals surface area contributed by atoms with Crippen LogP contribution in [-0.4, -0.2) is 109 Å². The summed E-state index contributed by atoms with van der Waals surface area (Å²) < 4.78 is 17.2. The van der Waals surface area contributed by atoms with Gasteiger partial charge in [-0.2, -0.15) is 5.26 Å². The van der Waals surface area contributed by atoms with Gasteiger partial charge in [-0.25, -0.2) is 0 Å². The summed E-state index contributed by atoms with van der Waals surface area (Å²) in [6.45, 7) is 4.46. The molecule has 0 saturated carbocycles. The number of ether oxygens (including phenoxy) is 3. The Balaban J connectivity index is 0.854.